The van der Waals surface area contributed by atoms with Gasteiger partial charge in [-0.2, -0.15) is 13.2 Å². The molecular formula is C17H24F5IN4. The first-order valence-corrected chi connectivity index (χ1v) is 8.54. The number of guanidine groups is 1. The minimum Gasteiger partial charge on any atom is -0.357 e. The quantitative estimate of drug-likeness (QED) is 0.269. The number of nitrogens with zero attached hydrogens (tertiary/aromatic N) is 2. The minimum atomic E-state index is -4.20. The Kier molecular flexibility index (Phi) is 9.71. The van der Waals surface area contributed by atoms with Gasteiger partial charge in [0.1, 0.15) is 11.6 Å². The SMILES string of the molecule is CCNC(=NCCc1ccc(F)cc1F)NC1CCN(CC(F)(F)F)C1.I. The summed E-state index contributed by atoms with van der Waals surface area (Å²) in [7, 11) is 0. The highest BCUT2D eigenvalue weighted by molar-refractivity contribution is 14.0. The van der Waals surface area contributed by atoms with Gasteiger partial charge in [-0.05, 0) is 31.4 Å². The van der Waals surface area contributed by atoms with Gasteiger partial charge < -0.3 is 10.6 Å². The van der Waals surface area contributed by atoms with Crippen LogP contribution in [-0.2, 0) is 6.42 Å². The fourth-order valence-corrected chi connectivity index (χ4v) is 2.87. The first kappa shape index (κ1) is 23.9. The molecule has 0 aromatic heterocycles. The second-order valence-corrected chi connectivity index (χ2v) is 6.23. The Morgan fingerprint density at radius 3 is 2.67 bits per heavy atom. The third-order valence-corrected chi connectivity index (χ3v) is 4.03. The zero-order valence-electron chi connectivity index (χ0n) is 15.0. The number of benzene rings is 1. The van der Waals surface area contributed by atoms with Gasteiger partial charge in [-0.15, -0.1) is 24.0 Å². The molecule has 0 bridgehead atoms. The van der Waals surface area contributed by atoms with Gasteiger partial charge in [-0.25, -0.2) is 8.78 Å². The third kappa shape index (κ3) is 8.58. The van der Waals surface area contributed by atoms with E-state index in [1.54, 1.807) is 0 Å². The van der Waals surface area contributed by atoms with Crippen molar-refractivity contribution in [2.24, 2.45) is 4.99 Å². The summed E-state index contributed by atoms with van der Waals surface area (Å²) in [5.41, 5.74) is 0.364. The van der Waals surface area contributed by atoms with Crippen LogP contribution in [0.1, 0.15) is 18.9 Å². The molecule has 2 N–H and O–H groups in total. The van der Waals surface area contributed by atoms with Crippen LogP contribution in [-0.4, -0.2) is 55.8 Å². The van der Waals surface area contributed by atoms with E-state index >= 15 is 0 Å². The summed E-state index contributed by atoms with van der Waals surface area (Å²) in [6, 6.07) is 3.28. The summed E-state index contributed by atoms with van der Waals surface area (Å²) < 4.78 is 63.9. The van der Waals surface area contributed by atoms with Crippen LogP contribution in [0.15, 0.2) is 23.2 Å². The Morgan fingerprint density at radius 1 is 1.30 bits per heavy atom. The van der Waals surface area contributed by atoms with E-state index in [2.05, 4.69) is 15.6 Å². The molecule has 1 aromatic carbocycles. The number of hydrogen-bond donors (Lipinski definition) is 2. The molecule has 0 spiro atoms. The Balaban J connectivity index is 0.00000364. The van der Waals surface area contributed by atoms with Gasteiger partial charge in [-0.1, -0.05) is 6.07 Å². The molecule has 1 fully saturated rings. The highest BCUT2D eigenvalue weighted by Crippen LogP contribution is 2.19. The van der Waals surface area contributed by atoms with Crippen molar-refractivity contribution in [3.05, 3.63) is 35.4 Å². The Morgan fingerprint density at radius 2 is 2.04 bits per heavy atom. The maximum Gasteiger partial charge on any atom is 0.401 e. The van der Waals surface area contributed by atoms with Crippen LogP contribution in [0.3, 0.4) is 0 Å². The highest BCUT2D eigenvalue weighted by Gasteiger charge is 2.34. The van der Waals surface area contributed by atoms with Gasteiger partial charge in [0.25, 0.3) is 0 Å². The zero-order chi connectivity index (χ0) is 19.2. The largest absolute Gasteiger partial charge is 0.401 e. The Bertz CT molecular complexity index is 624. The summed E-state index contributed by atoms with van der Waals surface area (Å²) in [6.07, 6.45) is -3.31. The van der Waals surface area contributed by atoms with Crippen molar-refractivity contribution in [2.45, 2.75) is 32.0 Å². The van der Waals surface area contributed by atoms with Crippen molar-refractivity contribution in [3.8, 4) is 0 Å². The number of hydrogen-bond acceptors (Lipinski definition) is 2. The summed E-state index contributed by atoms with van der Waals surface area (Å²) in [4.78, 5) is 5.68. The average Bonchev–Trinajstić information content (AvgIpc) is 2.94. The molecule has 1 heterocycles. The van der Waals surface area contributed by atoms with Crippen molar-refractivity contribution in [3.63, 3.8) is 0 Å². The normalized spacial score (nSPS) is 18.3. The summed E-state index contributed by atoms with van der Waals surface area (Å²) in [5, 5.41) is 6.15. The molecule has 154 valence electrons. The van der Waals surface area contributed by atoms with Gasteiger partial charge in [0.15, 0.2) is 5.96 Å². The number of rotatable bonds is 6. The van der Waals surface area contributed by atoms with E-state index in [1.165, 1.54) is 17.0 Å². The molecule has 2 rings (SSSR count). The molecule has 1 aromatic rings. The standard InChI is InChI=1S/C17H23F5N4.HI/c1-2-23-16(24-7-5-12-3-4-13(18)9-15(12)19)25-14-6-8-26(10-14)11-17(20,21)22;/h3-4,9,14H,2,5-8,10-11H2,1H3,(H2,23,24,25);1H. The van der Waals surface area contributed by atoms with Crippen LogP contribution in [0.2, 0.25) is 0 Å². The Labute approximate surface area is 172 Å². The lowest BCUT2D eigenvalue weighted by Crippen LogP contribution is -2.45. The van der Waals surface area contributed by atoms with Gasteiger partial charge in [0, 0.05) is 38.3 Å². The van der Waals surface area contributed by atoms with Crippen LogP contribution in [0, 0.1) is 11.6 Å². The fourth-order valence-electron chi connectivity index (χ4n) is 2.87. The zero-order valence-corrected chi connectivity index (χ0v) is 17.3. The number of halogens is 6. The van der Waals surface area contributed by atoms with E-state index in [-0.39, 0.29) is 43.1 Å². The third-order valence-electron chi connectivity index (χ3n) is 4.03. The van der Waals surface area contributed by atoms with Crippen LogP contribution < -0.4 is 10.6 Å². The van der Waals surface area contributed by atoms with Gasteiger partial charge in [0.2, 0.25) is 0 Å². The monoisotopic (exact) mass is 506 g/mol. The molecule has 1 aliphatic rings. The highest BCUT2D eigenvalue weighted by atomic mass is 127. The molecule has 4 nitrogen and oxygen atoms in total. The molecule has 10 heteroatoms. The van der Waals surface area contributed by atoms with Crippen LogP contribution >= 0.6 is 24.0 Å². The second kappa shape index (κ2) is 11.0. The van der Waals surface area contributed by atoms with E-state index in [4.69, 9.17) is 0 Å². The number of likely N-dealkylation sites (tertiary alicyclic amines) is 1. The topological polar surface area (TPSA) is 39.7 Å². The molecule has 0 aliphatic carbocycles. The molecule has 1 aliphatic heterocycles. The summed E-state index contributed by atoms with van der Waals surface area (Å²) in [5.74, 6) is -0.764. The molecule has 0 amide bonds. The van der Waals surface area contributed by atoms with Crippen molar-refractivity contribution >= 4 is 29.9 Å². The molecule has 1 saturated heterocycles. The summed E-state index contributed by atoms with van der Waals surface area (Å²) in [6.45, 7) is 2.49. The smallest absolute Gasteiger partial charge is 0.357 e. The first-order valence-electron chi connectivity index (χ1n) is 8.54. The van der Waals surface area contributed by atoms with E-state index in [0.29, 0.717) is 37.5 Å². The first-order chi connectivity index (χ1) is 12.3. The van der Waals surface area contributed by atoms with Gasteiger partial charge >= 0.3 is 6.18 Å². The lowest BCUT2D eigenvalue weighted by Gasteiger charge is -2.19. The molecule has 27 heavy (non-hydrogen) atoms. The van der Waals surface area contributed by atoms with Gasteiger partial charge in [0.05, 0.1) is 6.54 Å². The summed E-state index contributed by atoms with van der Waals surface area (Å²) >= 11 is 0. The van der Waals surface area contributed by atoms with Crippen molar-refractivity contribution in [2.75, 3.05) is 32.7 Å². The van der Waals surface area contributed by atoms with E-state index in [0.717, 1.165) is 6.07 Å². The maximum absolute atomic E-state index is 13.6. The number of aliphatic imine (C=N–C) groups is 1. The lowest BCUT2D eigenvalue weighted by molar-refractivity contribution is -0.143. The number of nitrogens with one attached hydrogen (secondary N) is 2. The number of alkyl halides is 3. The minimum absolute atomic E-state index is 0. The van der Waals surface area contributed by atoms with Crippen LogP contribution in [0.5, 0.6) is 0 Å². The predicted molar refractivity (Wildman–Crippen MR) is 105 cm³/mol. The molecule has 1 unspecified atom stereocenters. The van der Waals surface area contributed by atoms with E-state index in [9.17, 15) is 22.0 Å². The van der Waals surface area contributed by atoms with Crippen molar-refractivity contribution in [1.29, 1.82) is 0 Å². The predicted octanol–water partition coefficient (Wildman–Crippen LogP) is 3.32. The molecule has 1 atom stereocenters. The van der Waals surface area contributed by atoms with Crippen molar-refractivity contribution < 1.29 is 22.0 Å². The molecule has 0 saturated carbocycles. The fraction of sp³-hybridized carbons (Fsp3) is 0.588. The molecule has 0 radical (unpaired) electrons. The average molecular weight is 506 g/mol. The van der Waals surface area contributed by atoms with Gasteiger partial charge in [-0.3, -0.25) is 9.89 Å². The second-order valence-electron chi connectivity index (χ2n) is 6.23. The Hall–Kier alpha value is -1.17. The van der Waals surface area contributed by atoms with Crippen molar-refractivity contribution in [1.82, 2.24) is 15.5 Å². The van der Waals surface area contributed by atoms with E-state index in [1.807, 2.05) is 6.92 Å². The maximum atomic E-state index is 13.6. The van der Waals surface area contributed by atoms with Crippen LogP contribution in [0.4, 0.5) is 22.0 Å². The van der Waals surface area contributed by atoms with Crippen LogP contribution in [0.25, 0.3) is 0 Å². The van der Waals surface area contributed by atoms with E-state index < -0.39 is 24.4 Å². The lowest BCUT2D eigenvalue weighted by atomic mass is 10.1. The molecular weight excluding hydrogens is 482 g/mol.